The predicted molar refractivity (Wildman–Crippen MR) is 58.1 cm³/mol. The van der Waals surface area contributed by atoms with Crippen molar-refractivity contribution in [2.45, 2.75) is 6.42 Å². The van der Waals surface area contributed by atoms with Crippen LogP contribution in [0.4, 0.5) is 5.69 Å². The molecule has 0 saturated heterocycles. The predicted octanol–water partition coefficient (Wildman–Crippen LogP) is 1.86. The van der Waals surface area contributed by atoms with Crippen LogP contribution in [0.15, 0.2) is 24.3 Å². The standard InChI is InChI=1S/C11H12ClNO/c12-7-10(14)8-13-6-5-9-3-1-2-4-11(9)13/h1-4H,5-8H2. The van der Waals surface area contributed by atoms with E-state index in [0.717, 1.165) is 13.0 Å². The van der Waals surface area contributed by atoms with Gasteiger partial charge in [0.25, 0.3) is 0 Å². The Morgan fingerprint density at radius 1 is 1.43 bits per heavy atom. The zero-order valence-electron chi connectivity index (χ0n) is 7.87. The molecule has 2 rings (SSSR count). The molecule has 0 fully saturated rings. The molecular weight excluding hydrogens is 198 g/mol. The highest BCUT2D eigenvalue weighted by Gasteiger charge is 2.19. The van der Waals surface area contributed by atoms with Crippen LogP contribution in [-0.4, -0.2) is 24.8 Å². The molecule has 0 aliphatic carbocycles. The topological polar surface area (TPSA) is 20.3 Å². The van der Waals surface area contributed by atoms with Gasteiger partial charge in [0.2, 0.25) is 0 Å². The lowest BCUT2D eigenvalue weighted by atomic mass is 10.2. The Morgan fingerprint density at radius 2 is 2.21 bits per heavy atom. The molecule has 0 spiro atoms. The van der Waals surface area contributed by atoms with Gasteiger partial charge in [0.1, 0.15) is 0 Å². The summed E-state index contributed by atoms with van der Waals surface area (Å²) in [5, 5.41) is 0. The number of carbonyl (C=O) groups is 1. The van der Waals surface area contributed by atoms with Crippen LogP contribution in [0.1, 0.15) is 5.56 Å². The van der Waals surface area contributed by atoms with E-state index in [-0.39, 0.29) is 11.7 Å². The number of hydrogen-bond donors (Lipinski definition) is 0. The maximum Gasteiger partial charge on any atom is 0.166 e. The first-order valence-corrected chi connectivity index (χ1v) is 5.25. The molecule has 74 valence electrons. The molecule has 3 heteroatoms. The van der Waals surface area contributed by atoms with Gasteiger partial charge in [-0.15, -0.1) is 11.6 Å². The van der Waals surface area contributed by atoms with E-state index in [0.29, 0.717) is 6.54 Å². The van der Waals surface area contributed by atoms with Crippen molar-refractivity contribution in [2.75, 3.05) is 23.9 Å². The Bertz CT molecular complexity index is 351. The fourth-order valence-electron chi connectivity index (χ4n) is 1.83. The molecule has 0 radical (unpaired) electrons. The number of nitrogens with zero attached hydrogens (tertiary/aromatic N) is 1. The van der Waals surface area contributed by atoms with Gasteiger partial charge in [0, 0.05) is 12.2 Å². The fraction of sp³-hybridized carbons (Fsp3) is 0.364. The molecule has 0 unspecified atom stereocenters. The second kappa shape index (κ2) is 4.01. The molecule has 2 nitrogen and oxygen atoms in total. The van der Waals surface area contributed by atoms with Crippen molar-refractivity contribution in [3.05, 3.63) is 29.8 Å². The van der Waals surface area contributed by atoms with Crippen LogP contribution >= 0.6 is 11.6 Å². The number of anilines is 1. The molecule has 0 bridgehead atoms. The minimum atomic E-state index is 0.0865. The molecular formula is C11H12ClNO. The van der Waals surface area contributed by atoms with E-state index in [1.165, 1.54) is 11.3 Å². The molecule has 1 aliphatic heterocycles. The molecule has 0 saturated carbocycles. The molecule has 0 amide bonds. The van der Waals surface area contributed by atoms with E-state index in [1.807, 2.05) is 12.1 Å². The van der Waals surface area contributed by atoms with E-state index in [9.17, 15) is 4.79 Å². The van der Waals surface area contributed by atoms with E-state index in [1.54, 1.807) is 0 Å². The van der Waals surface area contributed by atoms with Crippen LogP contribution in [0.2, 0.25) is 0 Å². The quantitative estimate of drug-likeness (QED) is 0.709. The summed E-state index contributed by atoms with van der Waals surface area (Å²) in [6.07, 6.45) is 1.03. The van der Waals surface area contributed by atoms with Gasteiger partial charge in [0.15, 0.2) is 5.78 Å². The van der Waals surface area contributed by atoms with Gasteiger partial charge in [-0.05, 0) is 18.1 Å². The molecule has 1 heterocycles. The number of alkyl halides is 1. The number of hydrogen-bond acceptors (Lipinski definition) is 2. The molecule has 1 aromatic rings. The van der Waals surface area contributed by atoms with Crippen molar-refractivity contribution in [1.82, 2.24) is 0 Å². The van der Waals surface area contributed by atoms with Gasteiger partial charge in [-0.1, -0.05) is 18.2 Å². The third kappa shape index (κ3) is 1.75. The van der Waals surface area contributed by atoms with Crippen LogP contribution in [0.5, 0.6) is 0 Å². The summed E-state index contributed by atoms with van der Waals surface area (Å²) >= 11 is 5.48. The highest BCUT2D eigenvalue weighted by Crippen LogP contribution is 2.26. The maximum atomic E-state index is 11.2. The fourth-order valence-corrected chi connectivity index (χ4v) is 1.91. The third-order valence-electron chi connectivity index (χ3n) is 2.50. The first kappa shape index (κ1) is 9.53. The zero-order valence-corrected chi connectivity index (χ0v) is 8.63. The van der Waals surface area contributed by atoms with Crippen molar-refractivity contribution in [3.8, 4) is 0 Å². The second-order valence-electron chi connectivity index (χ2n) is 3.47. The SMILES string of the molecule is O=C(CCl)CN1CCc2ccccc21. The van der Waals surface area contributed by atoms with Gasteiger partial charge in [0.05, 0.1) is 12.4 Å². The number of carbonyl (C=O) groups excluding carboxylic acids is 1. The summed E-state index contributed by atoms with van der Waals surface area (Å²) in [6.45, 7) is 1.38. The number of halogens is 1. The van der Waals surface area contributed by atoms with Crippen LogP contribution in [0.25, 0.3) is 0 Å². The van der Waals surface area contributed by atoms with Gasteiger partial charge in [-0.25, -0.2) is 0 Å². The van der Waals surface area contributed by atoms with Crippen LogP contribution < -0.4 is 4.90 Å². The summed E-state index contributed by atoms with van der Waals surface area (Å²) < 4.78 is 0. The zero-order chi connectivity index (χ0) is 9.97. The van der Waals surface area contributed by atoms with Crippen LogP contribution in [0.3, 0.4) is 0 Å². The minimum Gasteiger partial charge on any atom is -0.364 e. The molecule has 0 N–H and O–H groups in total. The Balaban J connectivity index is 2.14. The monoisotopic (exact) mass is 209 g/mol. The number of benzene rings is 1. The van der Waals surface area contributed by atoms with E-state index in [4.69, 9.17) is 11.6 Å². The number of ketones is 1. The van der Waals surface area contributed by atoms with Crippen LogP contribution in [0, 0.1) is 0 Å². The summed E-state index contributed by atoms with van der Waals surface area (Å²) in [6, 6.07) is 8.21. The smallest absolute Gasteiger partial charge is 0.166 e. The molecule has 1 aliphatic rings. The largest absolute Gasteiger partial charge is 0.364 e. The van der Waals surface area contributed by atoms with Crippen molar-refractivity contribution >= 4 is 23.1 Å². The van der Waals surface area contributed by atoms with Gasteiger partial charge in [-0.3, -0.25) is 4.79 Å². The van der Waals surface area contributed by atoms with Crippen molar-refractivity contribution in [2.24, 2.45) is 0 Å². The first-order valence-electron chi connectivity index (χ1n) is 4.72. The average molecular weight is 210 g/mol. The Kier molecular flexibility index (Phi) is 2.73. The Labute approximate surface area is 88.5 Å². The van der Waals surface area contributed by atoms with Gasteiger partial charge < -0.3 is 4.90 Å². The molecule has 0 atom stereocenters. The molecule has 1 aromatic carbocycles. The second-order valence-corrected chi connectivity index (χ2v) is 3.74. The summed E-state index contributed by atoms with van der Waals surface area (Å²) in [5.74, 6) is 0.196. The van der Waals surface area contributed by atoms with Crippen molar-refractivity contribution in [3.63, 3.8) is 0 Å². The lowest BCUT2D eigenvalue weighted by molar-refractivity contribution is -0.115. The molecule has 14 heavy (non-hydrogen) atoms. The van der Waals surface area contributed by atoms with Crippen molar-refractivity contribution < 1.29 is 4.79 Å². The Morgan fingerprint density at radius 3 is 3.00 bits per heavy atom. The highest BCUT2D eigenvalue weighted by atomic mass is 35.5. The Hall–Kier alpha value is -1.02. The number of para-hydroxylation sites is 1. The van der Waals surface area contributed by atoms with Crippen LogP contribution in [-0.2, 0) is 11.2 Å². The lowest BCUT2D eigenvalue weighted by Crippen LogP contribution is -2.28. The third-order valence-corrected chi connectivity index (χ3v) is 2.80. The van der Waals surface area contributed by atoms with Gasteiger partial charge in [-0.2, -0.15) is 0 Å². The van der Waals surface area contributed by atoms with Crippen molar-refractivity contribution in [1.29, 1.82) is 0 Å². The minimum absolute atomic E-state index is 0.0865. The first-order chi connectivity index (χ1) is 6.81. The van der Waals surface area contributed by atoms with Gasteiger partial charge >= 0.3 is 0 Å². The average Bonchev–Trinajstić information content (AvgIpc) is 2.62. The maximum absolute atomic E-state index is 11.2. The van der Waals surface area contributed by atoms with E-state index < -0.39 is 0 Å². The highest BCUT2D eigenvalue weighted by molar-refractivity contribution is 6.28. The normalized spacial score (nSPS) is 14.2. The van der Waals surface area contributed by atoms with E-state index in [2.05, 4.69) is 17.0 Å². The summed E-state index contributed by atoms with van der Waals surface area (Å²) in [5.41, 5.74) is 2.51. The number of fused-ring (bicyclic) bond motifs is 1. The number of Topliss-reactive ketones (excluding diaryl/α,β-unsaturated/α-hetero) is 1. The summed E-state index contributed by atoms with van der Waals surface area (Å²) in [4.78, 5) is 13.3. The lowest BCUT2D eigenvalue weighted by Gasteiger charge is -2.17. The van der Waals surface area contributed by atoms with E-state index >= 15 is 0 Å². The number of rotatable bonds is 3. The molecule has 0 aromatic heterocycles. The summed E-state index contributed by atoms with van der Waals surface area (Å²) in [7, 11) is 0.